The van der Waals surface area contributed by atoms with Crippen LogP contribution in [0.5, 0.6) is 0 Å². The van der Waals surface area contributed by atoms with E-state index in [1.165, 1.54) is 5.56 Å². The molecule has 0 aliphatic rings. The first kappa shape index (κ1) is 18.9. The molecule has 0 fully saturated rings. The molecule has 0 atom stereocenters. The monoisotopic (exact) mass is 358 g/mol. The van der Waals surface area contributed by atoms with Gasteiger partial charge in [-0.3, -0.25) is 10.1 Å². The van der Waals surface area contributed by atoms with E-state index in [4.69, 9.17) is 0 Å². The van der Waals surface area contributed by atoms with Gasteiger partial charge >= 0.3 is 0 Å². The van der Waals surface area contributed by atoms with Crippen molar-refractivity contribution in [3.63, 3.8) is 0 Å². The van der Waals surface area contributed by atoms with Crippen molar-refractivity contribution in [2.24, 2.45) is 0 Å². The molecule has 0 saturated carbocycles. The van der Waals surface area contributed by atoms with Crippen LogP contribution in [-0.2, 0) is 4.79 Å². The maximum atomic E-state index is 12.6. The molecule has 3 nitrogen and oxygen atoms in total. The van der Waals surface area contributed by atoms with Gasteiger partial charge in [-0.05, 0) is 43.0 Å². The van der Waals surface area contributed by atoms with E-state index in [2.05, 4.69) is 54.0 Å². The van der Waals surface area contributed by atoms with Gasteiger partial charge in [-0.25, -0.2) is 0 Å². The lowest BCUT2D eigenvalue weighted by Crippen LogP contribution is -2.32. The quantitative estimate of drug-likeness (QED) is 0.656. The van der Waals surface area contributed by atoms with Gasteiger partial charge in [0.15, 0.2) is 0 Å². The van der Waals surface area contributed by atoms with Gasteiger partial charge in [-0.2, -0.15) is 0 Å². The molecular weight excluding hydrogens is 332 g/mol. The summed E-state index contributed by atoms with van der Waals surface area (Å²) in [6.07, 6.45) is 0. The van der Waals surface area contributed by atoms with Crippen LogP contribution in [0.3, 0.4) is 0 Å². The van der Waals surface area contributed by atoms with Crippen LogP contribution in [0.4, 0.5) is 5.69 Å². The maximum Gasteiger partial charge on any atom is 0.238 e. The Labute approximate surface area is 161 Å². The van der Waals surface area contributed by atoms with Gasteiger partial charge in [0.05, 0.1) is 12.6 Å². The van der Waals surface area contributed by atoms with Crippen LogP contribution in [0.15, 0.2) is 72.8 Å². The molecule has 0 aliphatic carbocycles. The fourth-order valence-electron chi connectivity index (χ4n) is 3.47. The van der Waals surface area contributed by atoms with Gasteiger partial charge in [0.25, 0.3) is 0 Å². The number of anilines is 1. The second kappa shape index (κ2) is 8.65. The Morgan fingerprint density at radius 3 is 1.78 bits per heavy atom. The third kappa shape index (κ3) is 4.83. The van der Waals surface area contributed by atoms with E-state index in [-0.39, 0.29) is 18.5 Å². The Kier molecular flexibility index (Phi) is 6.05. The summed E-state index contributed by atoms with van der Waals surface area (Å²) in [6.45, 7) is 6.36. The molecule has 3 aromatic carbocycles. The molecule has 0 unspecified atom stereocenters. The normalized spacial score (nSPS) is 10.8. The largest absolute Gasteiger partial charge is 0.324 e. The molecule has 0 aromatic heterocycles. The molecule has 0 heterocycles. The Morgan fingerprint density at radius 1 is 0.815 bits per heavy atom. The lowest BCUT2D eigenvalue weighted by atomic mass is 9.99. The molecule has 0 bridgehead atoms. The van der Waals surface area contributed by atoms with Crippen LogP contribution in [0.25, 0.3) is 0 Å². The number of rotatable bonds is 6. The lowest BCUT2D eigenvalue weighted by Gasteiger charge is -2.20. The highest BCUT2D eigenvalue weighted by atomic mass is 16.1. The molecular formula is C24H26N2O. The van der Waals surface area contributed by atoms with Crippen LogP contribution in [0.2, 0.25) is 0 Å². The molecule has 0 radical (unpaired) electrons. The van der Waals surface area contributed by atoms with Crippen molar-refractivity contribution >= 4 is 11.6 Å². The third-order valence-electron chi connectivity index (χ3n) is 4.67. The fraction of sp³-hybridized carbons (Fsp3) is 0.208. The minimum atomic E-state index is -0.0399. The summed E-state index contributed by atoms with van der Waals surface area (Å²) in [5, 5.41) is 6.47. The minimum absolute atomic E-state index is 0.0293. The summed E-state index contributed by atoms with van der Waals surface area (Å²) in [5.74, 6) is -0.0399. The Bertz CT molecular complexity index is 842. The summed E-state index contributed by atoms with van der Waals surface area (Å²) in [5.41, 5.74) is 6.56. The standard InChI is InChI=1S/C24H26N2O/c1-17-14-18(2)23(19(3)15-17)26-22(27)16-25-24(20-10-6-4-7-11-20)21-12-8-5-9-13-21/h4-15,24-25H,16H2,1-3H3,(H,26,27). The zero-order chi connectivity index (χ0) is 19.2. The number of aryl methyl sites for hydroxylation is 3. The molecule has 1 amide bonds. The summed E-state index contributed by atoms with van der Waals surface area (Å²) in [7, 11) is 0. The zero-order valence-corrected chi connectivity index (χ0v) is 16.1. The first-order valence-corrected chi connectivity index (χ1v) is 9.25. The van der Waals surface area contributed by atoms with Crippen molar-refractivity contribution in [1.29, 1.82) is 0 Å². The van der Waals surface area contributed by atoms with E-state index in [9.17, 15) is 4.79 Å². The third-order valence-corrected chi connectivity index (χ3v) is 4.67. The van der Waals surface area contributed by atoms with Gasteiger partial charge in [-0.1, -0.05) is 78.4 Å². The van der Waals surface area contributed by atoms with E-state index in [1.807, 2.05) is 50.2 Å². The van der Waals surface area contributed by atoms with Crippen LogP contribution in [-0.4, -0.2) is 12.5 Å². The highest BCUT2D eigenvalue weighted by molar-refractivity contribution is 5.93. The van der Waals surface area contributed by atoms with Crippen molar-refractivity contribution in [3.8, 4) is 0 Å². The van der Waals surface area contributed by atoms with Gasteiger partial charge in [0, 0.05) is 5.69 Å². The molecule has 3 heteroatoms. The highest BCUT2D eigenvalue weighted by Gasteiger charge is 2.15. The van der Waals surface area contributed by atoms with Gasteiger partial charge in [0.2, 0.25) is 5.91 Å². The van der Waals surface area contributed by atoms with Crippen molar-refractivity contribution < 1.29 is 4.79 Å². The van der Waals surface area contributed by atoms with Gasteiger partial charge in [-0.15, -0.1) is 0 Å². The number of hydrogen-bond donors (Lipinski definition) is 2. The summed E-state index contributed by atoms with van der Waals surface area (Å²) in [6, 6.07) is 24.6. The zero-order valence-electron chi connectivity index (χ0n) is 16.1. The first-order chi connectivity index (χ1) is 13.0. The number of nitrogens with one attached hydrogen (secondary N) is 2. The lowest BCUT2D eigenvalue weighted by molar-refractivity contribution is -0.115. The predicted molar refractivity (Wildman–Crippen MR) is 112 cm³/mol. The van der Waals surface area contributed by atoms with Crippen molar-refractivity contribution in [2.75, 3.05) is 11.9 Å². The maximum absolute atomic E-state index is 12.6. The van der Waals surface area contributed by atoms with Crippen LogP contribution >= 0.6 is 0 Å². The van der Waals surface area contributed by atoms with Crippen molar-refractivity contribution in [1.82, 2.24) is 5.32 Å². The Hall–Kier alpha value is -2.91. The minimum Gasteiger partial charge on any atom is -0.324 e. The number of hydrogen-bond acceptors (Lipinski definition) is 2. The van der Waals surface area contributed by atoms with Gasteiger partial charge in [0.1, 0.15) is 0 Å². The average Bonchev–Trinajstić information content (AvgIpc) is 2.66. The molecule has 138 valence electrons. The molecule has 2 N–H and O–H groups in total. The van der Waals surface area contributed by atoms with Gasteiger partial charge < -0.3 is 5.32 Å². The molecule has 27 heavy (non-hydrogen) atoms. The Morgan fingerprint density at radius 2 is 1.30 bits per heavy atom. The van der Waals surface area contributed by atoms with Crippen molar-refractivity contribution in [3.05, 3.63) is 101 Å². The topological polar surface area (TPSA) is 41.1 Å². The predicted octanol–water partition coefficient (Wildman–Crippen LogP) is 4.93. The summed E-state index contributed by atoms with van der Waals surface area (Å²) in [4.78, 5) is 12.6. The Balaban J connectivity index is 1.73. The van der Waals surface area contributed by atoms with Crippen LogP contribution in [0, 0.1) is 20.8 Å². The summed E-state index contributed by atoms with van der Waals surface area (Å²) < 4.78 is 0. The second-order valence-electron chi connectivity index (χ2n) is 6.96. The highest BCUT2D eigenvalue weighted by Crippen LogP contribution is 2.23. The van der Waals surface area contributed by atoms with E-state index < -0.39 is 0 Å². The van der Waals surface area contributed by atoms with Crippen LogP contribution in [0.1, 0.15) is 33.9 Å². The molecule has 0 spiro atoms. The number of amides is 1. The van der Waals surface area contributed by atoms with E-state index >= 15 is 0 Å². The smallest absolute Gasteiger partial charge is 0.238 e. The number of carbonyl (C=O) groups is 1. The van der Waals surface area contributed by atoms with E-state index in [1.54, 1.807) is 0 Å². The average molecular weight is 358 g/mol. The van der Waals surface area contributed by atoms with Crippen molar-refractivity contribution in [2.45, 2.75) is 26.8 Å². The molecule has 3 aromatic rings. The summed E-state index contributed by atoms with van der Waals surface area (Å²) >= 11 is 0. The number of benzene rings is 3. The van der Waals surface area contributed by atoms with E-state index in [0.29, 0.717) is 0 Å². The fourth-order valence-corrected chi connectivity index (χ4v) is 3.47. The van der Waals surface area contributed by atoms with Crippen LogP contribution < -0.4 is 10.6 Å². The molecule has 0 saturated heterocycles. The molecule has 0 aliphatic heterocycles. The SMILES string of the molecule is Cc1cc(C)c(NC(=O)CNC(c2ccccc2)c2ccccc2)c(C)c1. The molecule has 3 rings (SSSR count). The second-order valence-corrected chi connectivity index (χ2v) is 6.96. The first-order valence-electron chi connectivity index (χ1n) is 9.25. The number of carbonyl (C=O) groups excluding carboxylic acids is 1. The van der Waals surface area contributed by atoms with E-state index in [0.717, 1.165) is 27.9 Å².